The average Bonchev–Trinajstić information content (AvgIpc) is 2.38. The summed E-state index contributed by atoms with van der Waals surface area (Å²) in [6.07, 6.45) is 3.36. The zero-order valence-corrected chi connectivity index (χ0v) is 10.3. The number of ether oxygens (including phenoxy) is 1. The Hall–Kier alpha value is -1.06. The van der Waals surface area contributed by atoms with Gasteiger partial charge in [-0.25, -0.2) is 0 Å². The van der Waals surface area contributed by atoms with E-state index in [0.717, 1.165) is 51.3 Å². The molecule has 0 aliphatic carbocycles. The fraction of sp³-hybridized carbons (Fsp3) is 0.571. The summed E-state index contributed by atoms with van der Waals surface area (Å²) < 4.78 is 5.67. The van der Waals surface area contributed by atoms with Gasteiger partial charge in [0.1, 0.15) is 5.75 Å². The Morgan fingerprint density at radius 2 is 1.88 bits per heavy atom. The van der Waals surface area contributed by atoms with Gasteiger partial charge in [-0.2, -0.15) is 0 Å². The molecule has 1 aromatic rings. The van der Waals surface area contributed by atoms with Crippen molar-refractivity contribution in [3.05, 3.63) is 30.3 Å². The smallest absolute Gasteiger partial charge is 0.119 e. The topological polar surface area (TPSA) is 38.5 Å². The van der Waals surface area contributed by atoms with Crippen LogP contribution in [-0.4, -0.2) is 37.2 Å². The minimum atomic E-state index is 0.423. The van der Waals surface area contributed by atoms with E-state index in [9.17, 15) is 0 Å². The molecular weight excluding hydrogens is 212 g/mol. The number of nitrogens with two attached hydrogens (primary N) is 1. The second-order valence-corrected chi connectivity index (χ2v) is 4.69. The molecule has 1 heterocycles. The van der Waals surface area contributed by atoms with Crippen molar-refractivity contribution >= 4 is 0 Å². The second-order valence-electron chi connectivity index (χ2n) is 4.69. The van der Waals surface area contributed by atoms with Crippen molar-refractivity contribution < 1.29 is 4.74 Å². The lowest BCUT2D eigenvalue weighted by molar-refractivity contribution is 0.194. The van der Waals surface area contributed by atoms with Crippen LogP contribution in [0.25, 0.3) is 0 Å². The maximum atomic E-state index is 5.88. The zero-order chi connectivity index (χ0) is 11.9. The maximum absolute atomic E-state index is 5.88. The molecule has 1 aliphatic rings. The minimum absolute atomic E-state index is 0.423. The van der Waals surface area contributed by atoms with Crippen molar-refractivity contribution in [1.82, 2.24) is 4.90 Å². The lowest BCUT2D eigenvalue weighted by atomic mass is 10.1. The summed E-state index contributed by atoms with van der Waals surface area (Å²) in [6, 6.07) is 10.4. The van der Waals surface area contributed by atoms with Crippen molar-refractivity contribution in [2.45, 2.75) is 25.3 Å². The van der Waals surface area contributed by atoms with Crippen LogP contribution in [0.5, 0.6) is 5.75 Å². The minimum Gasteiger partial charge on any atom is -0.494 e. The lowest BCUT2D eigenvalue weighted by Crippen LogP contribution is -2.40. The third-order valence-corrected chi connectivity index (χ3v) is 3.26. The molecule has 0 spiro atoms. The number of hydrogen-bond donors (Lipinski definition) is 1. The Morgan fingerprint density at radius 3 is 2.59 bits per heavy atom. The first kappa shape index (κ1) is 12.4. The number of hydrogen-bond acceptors (Lipinski definition) is 3. The van der Waals surface area contributed by atoms with E-state index in [1.807, 2.05) is 30.3 Å². The highest BCUT2D eigenvalue weighted by Gasteiger charge is 2.14. The Labute approximate surface area is 104 Å². The molecular formula is C14H22N2O. The second kappa shape index (κ2) is 6.62. The van der Waals surface area contributed by atoms with Gasteiger partial charge in [0.05, 0.1) is 6.61 Å². The van der Waals surface area contributed by atoms with Gasteiger partial charge in [0.25, 0.3) is 0 Å². The molecule has 0 aromatic heterocycles. The number of benzene rings is 1. The lowest BCUT2D eigenvalue weighted by Gasteiger charge is -2.29. The van der Waals surface area contributed by atoms with E-state index in [1.165, 1.54) is 0 Å². The van der Waals surface area contributed by atoms with E-state index >= 15 is 0 Å². The standard InChI is InChI=1S/C14H22N2O/c15-13-7-10-16(11-8-13)9-4-12-17-14-5-2-1-3-6-14/h1-3,5-6,13H,4,7-12,15H2. The Kier molecular flexibility index (Phi) is 4.83. The molecule has 94 valence electrons. The Bertz CT molecular complexity index is 307. The molecule has 1 aromatic carbocycles. The van der Waals surface area contributed by atoms with Gasteiger partial charge in [0, 0.05) is 12.6 Å². The van der Waals surface area contributed by atoms with Crippen LogP contribution in [0.1, 0.15) is 19.3 Å². The van der Waals surface area contributed by atoms with Crippen molar-refractivity contribution in [3.63, 3.8) is 0 Å². The van der Waals surface area contributed by atoms with Crippen molar-refractivity contribution in [1.29, 1.82) is 0 Å². The van der Waals surface area contributed by atoms with E-state index in [1.54, 1.807) is 0 Å². The molecule has 0 amide bonds. The number of rotatable bonds is 5. The van der Waals surface area contributed by atoms with Gasteiger partial charge in [-0.05, 0) is 44.5 Å². The first-order valence-corrected chi connectivity index (χ1v) is 6.50. The summed E-state index contributed by atoms with van der Waals surface area (Å²) in [5.74, 6) is 0.966. The molecule has 17 heavy (non-hydrogen) atoms. The molecule has 0 atom stereocenters. The zero-order valence-electron chi connectivity index (χ0n) is 10.3. The fourth-order valence-corrected chi connectivity index (χ4v) is 2.17. The summed E-state index contributed by atoms with van der Waals surface area (Å²) in [5.41, 5.74) is 5.88. The summed E-state index contributed by atoms with van der Waals surface area (Å²) in [5, 5.41) is 0. The van der Waals surface area contributed by atoms with E-state index in [-0.39, 0.29) is 0 Å². The van der Waals surface area contributed by atoms with Gasteiger partial charge in [0.2, 0.25) is 0 Å². The predicted octanol–water partition coefficient (Wildman–Crippen LogP) is 1.88. The van der Waals surface area contributed by atoms with Gasteiger partial charge in [0.15, 0.2) is 0 Å². The SMILES string of the molecule is NC1CCN(CCCOc2ccccc2)CC1. The highest BCUT2D eigenvalue weighted by atomic mass is 16.5. The summed E-state index contributed by atoms with van der Waals surface area (Å²) in [7, 11) is 0. The predicted molar refractivity (Wildman–Crippen MR) is 70.2 cm³/mol. The fourth-order valence-electron chi connectivity index (χ4n) is 2.17. The molecule has 1 saturated heterocycles. The van der Waals surface area contributed by atoms with Crippen molar-refractivity contribution in [2.24, 2.45) is 5.73 Å². The van der Waals surface area contributed by atoms with Crippen LogP contribution in [-0.2, 0) is 0 Å². The van der Waals surface area contributed by atoms with Gasteiger partial charge in [-0.15, -0.1) is 0 Å². The number of likely N-dealkylation sites (tertiary alicyclic amines) is 1. The molecule has 0 radical (unpaired) electrons. The molecule has 0 saturated carbocycles. The van der Waals surface area contributed by atoms with Crippen molar-refractivity contribution in [2.75, 3.05) is 26.2 Å². The normalized spacial score (nSPS) is 18.2. The summed E-state index contributed by atoms with van der Waals surface area (Å²) >= 11 is 0. The highest BCUT2D eigenvalue weighted by molar-refractivity contribution is 5.20. The van der Waals surface area contributed by atoms with E-state index < -0.39 is 0 Å². The van der Waals surface area contributed by atoms with E-state index in [0.29, 0.717) is 6.04 Å². The average molecular weight is 234 g/mol. The monoisotopic (exact) mass is 234 g/mol. The van der Waals surface area contributed by atoms with Crippen LogP contribution in [0.3, 0.4) is 0 Å². The van der Waals surface area contributed by atoms with Crippen LogP contribution in [0, 0.1) is 0 Å². The first-order chi connectivity index (χ1) is 8.34. The molecule has 0 bridgehead atoms. The molecule has 3 heteroatoms. The molecule has 1 aliphatic heterocycles. The highest BCUT2D eigenvalue weighted by Crippen LogP contribution is 2.10. The largest absolute Gasteiger partial charge is 0.494 e. The summed E-state index contributed by atoms with van der Waals surface area (Å²) in [4.78, 5) is 2.48. The number of nitrogens with zero attached hydrogens (tertiary/aromatic N) is 1. The molecule has 3 nitrogen and oxygen atoms in total. The Balaban J connectivity index is 1.57. The molecule has 2 N–H and O–H groups in total. The molecule has 0 unspecified atom stereocenters. The number of para-hydroxylation sites is 1. The third kappa shape index (κ3) is 4.36. The van der Waals surface area contributed by atoms with Crippen LogP contribution < -0.4 is 10.5 Å². The molecule has 1 fully saturated rings. The van der Waals surface area contributed by atoms with E-state index in [4.69, 9.17) is 10.5 Å². The van der Waals surface area contributed by atoms with Gasteiger partial charge < -0.3 is 15.4 Å². The van der Waals surface area contributed by atoms with Crippen molar-refractivity contribution in [3.8, 4) is 5.75 Å². The Morgan fingerprint density at radius 1 is 1.18 bits per heavy atom. The maximum Gasteiger partial charge on any atom is 0.119 e. The number of piperidine rings is 1. The van der Waals surface area contributed by atoms with Crippen LogP contribution in [0.15, 0.2) is 30.3 Å². The third-order valence-electron chi connectivity index (χ3n) is 3.26. The molecule has 2 rings (SSSR count). The first-order valence-electron chi connectivity index (χ1n) is 6.50. The van der Waals surface area contributed by atoms with Gasteiger partial charge >= 0.3 is 0 Å². The van der Waals surface area contributed by atoms with Crippen LogP contribution >= 0.6 is 0 Å². The van der Waals surface area contributed by atoms with Gasteiger partial charge in [-0.1, -0.05) is 18.2 Å². The van der Waals surface area contributed by atoms with E-state index in [2.05, 4.69) is 4.90 Å². The summed E-state index contributed by atoms with van der Waals surface area (Å²) in [6.45, 7) is 4.21. The quantitative estimate of drug-likeness (QED) is 0.791. The van der Waals surface area contributed by atoms with Crippen LogP contribution in [0.4, 0.5) is 0 Å². The van der Waals surface area contributed by atoms with Gasteiger partial charge in [-0.3, -0.25) is 0 Å². The van der Waals surface area contributed by atoms with Crippen LogP contribution in [0.2, 0.25) is 0 Å².